The summed E-state index contributed by atoms with van der Waals surface area (Å²) < 4.78 is 28.2. The number of nitrogens with zero attached hydrogens (tertiary/aromatic N) is 5. The van der Waals surface area contributed by atoms with Crippen LogP contribution in [0, 0.1) is 0 Å². The third-order valence-electron chi connectivity index (χ3n) is 4.26. The molecule has 0 saturated carbocycles. The van der Waals surface area contributed by atoms with Crippen molar-refractivity contribution in [2.24, 2.45) is 7.05 Å². The minimum atomic E-state index is -3.43. The van der Waals surface area contributed by atoms with Crippen LogP contribution in [0.15, 0.2) is 41.7 Å². The summed E-state index contributed by atoms with van der Waals surface area (Å²) in [7, 11) is -1.60. The lowest BCUT2D eigenvalue weighted by atomic mass is 10.2. The fraction of sp³-hybridized carbons (Fsp3) is 0.353. The summed E-state index contributed by atoms with van der Waals surface area (Å²) in [6.07, 6.45) is 3.21. The highest BCUT2D eigenvalue weighted by Gasteiger charge is 2.21. The molecule has 3 rings (SSSR count). The Morgan fingerprint density at radius 1 is 1.12 bits per heavy atom. The first-order chi connectivity index (χ1) is 12.5. The van der Waals surface area contributed by atoms with E-state index < -0.39 is 10.0 Å². The fourth-order valence-corrected chi connectivity index (χ4v) is 4.24. The molecule has 2 heterocycles. The number of sulfonamides is 1. The van der Waals surface area contributed by atoms with E-state index in [2.05, 4.69) is 20.4 Å². The SMILES string of the molecule is CCN(CC)S(=O)(=O)c1ccc(CNc2ncnc3c2cnn3C)cc1. The fourth-order valence-electron chi connectivity index (χ4n) is 2.78. The number of rotatable bonds is 7. The van der Waals surface area contributed by atoms with Crippen LogP contribution >= 0.6 is 0 Å². The van der Waals surface area contributed by atoms with Crippen molar-refractivity contribution in [1.29, 1.82) is 0 Å². The largest absolute Gasteiger partial charge is 0.365 e. The molecule has 0 aliphatic carbocycles. The lowest BCUT2D eigenvalue weighted by Gasteiger charge is -2.18. The topological polar surface area (TPSA) is 93.0 Å². The lowest BCUT2D eigenvalue weighted by Crippen LogP contribution is -2.30. The van der Waals surface area contributed by atoms with Crippen LogP contribution in [0.2, 0.25) is 0 Å². The van der Waals surface area contributed by atoms with E-state index in [1.165, 1.54) is 10.6 Å². The normalized spacial score (nSPS) is 12.0. The second kappa shape index (κ2) is 7.38. The Morgan fingerprint density at radius 3 is 2.46 bits per heavy atom. The second-order valence-corrected chi connectivity index (χ2v) is 7.75. The molecule has 0 fully saturated rings. The quantitative estimate of drug-likeness (QED) is 0.680. The Kier molecular flexibility index (Phi) is 5.19. The first-order valence-electron chi connectivity index (χ1n) is 8.43. The van der Waals surface area contributed by atoms with Gasteiger partial charge in [0.05, 0.1) is 16.5 Å². The van der Waals surface area contributed by atoms with E-state index in [-0.39, 0.29) is 0 Å². The van der Waals surface area contributed by atoms with Crippen LogP contribution in [-0.2, 0) is 23.6 Å². The highest BCUT2D eigenvalue weighted by molar-refractivity contribution is 7.89. The zero-order valence-corrected chi connectivity index (χ0v) is 15.9. The molecule has 26 heavy (non-hydrogen) atoms. The van der Waals surface area contributed by atoms with Gasteiger partial charge in [0.1, 0.15) is 12.1 Å². The number of fused-ring (bicyclic) bond motifs is 1. The lowest BCUT2D eigenvalue weighted by molar-refractivity contribution is 0.445. The van der Waals surface area contributed by atoms with E-state index in [0.717, 1.165) is 16.6 Å². The van der Waals surface area contributed by atoms with Crippen molar-refractivity contribution in [2.45, 2.75) is 25.3 Å². The molecule has 9 heteroatoms. The maximum absolute atomic E-state index is 12.5. The number of aromatic nitrogens is 4. The van der Waals surface area contributed by atoms with Crippen molar-refractivity contribution in [3.05, 3.63) is 42.4 Å². The molecule has 138 valence electrons. The van der Waals surface area contributed by atoms with Crippen molar-refractivity contribution < 1.29 is 8.42 Å². The van der Waals surface area contributed by atoms with Gasteiger partial charge in [0.2, 0.25) is 10.0 Å². The number of hydrogen-bond donors (Lipinski definition) is 1. The van der Waals surface area contributed by atoms with E-state index in [4.69, 9.17) is 0 Å². The zero-order chi connectivity index (χ0) is 18.7. The summed E-state index contributed by atoms with van der Waals surface area (Å²) in [6.45, 7) is 5.10. The molecular formula is C17H22N6O2S. The van der Waals surface area contributed by atoms with Crippen LogP contribution in [0.25, 0.3) is 11.0 Å². The molecule has 0 bridgehead atoms. The van der Waals surface area contributed by atoms with Crippen LogP contribution in [0.3, 0.4) is 0 Å². The van der Waals surface area contributed by atoms with Gasteiger partial charge in [0.15, 0.2) is 5.65 Å². The molecule has 0 atom stereocenters. The number of benzene rings is 1. The molecule has 0 saturated heterocycles. The predicted molar refractivity (Wildman–Crippen MR) is 100 cm³/mol. The van der Waals surface area contributed by atoms with Crippen LogP contribution in [0.1, 0.15) is 19.4 Å². The molecule has 0 unspecified atom stereocenters. The number of nitrogens with one attached hydrogen (secondary N) is 1. The van der Waals surface area contributed by atoms with Crippen molar-refractivity contribution in [3.8, 4) is 0 Å². The van der Waals surface area contributed by atoms with Gasteiger partial charge in [-0.3, -0.25) is 4.68 Å². The molecular weight excluding hydrogens is 352 g/mol. The van der Waals surface area contributed by atoms with Crippen molar-refractivity contribution in [3.63, 3.8) is 0 Å². The van der Waals surface area contributed by atoms with E-state index in [0.29, 0.717) is 30.3 Å². The van der Waals surface area contributed by atoms with E-state index in [1.54, 1.807) is 23.0 Å². The molecule has 0 aliphatic rings. The average Bonchev–Trinajstić information content (AvgIpc) is 3.03. The average molecular weight is 374 g/mol. The third-order valence-corrected chi connectivity index (χ3v) is 6.32. The zero-order valence-electron chi connectivity index (χ0n) is 15.0. The van der Waals surface area contributed by atoms with E-state index in [9.17, 15) is 8.42 Å². The van der Waals surface area contributed by atoms with Crippen LogP contribution < -0.4 is 5.32 Å². The van der Waals surface area contributed by atoms with Gasteiger partial charge in [0, 0.05) is 26.7 Å². The minimum Gasteiger partial charge on any atom is -0.365 e. The molecule has 0 spiro atoms. The van der Waals surface area contributed by atoms with Gasteiger partial charge in [-0.1, -0.05) is 26.0 Å². The first-order valence-corrected chi connectivity index (χ1v) is 9.87. The molecule has 0 radical (unpaired) electrons. The Labute approximate surface area is 152 Å². The Balaban J connectivity index is 1.75. The minimum absolute atomic E-state index is 0.307. The van der Waals surface area contributed by atoms with Crippen LogP contribution in [0.4, 0.5) is 5.82 Å². The van der Waals surface area contributed by atoms with Crippen LogP contribution in [0.5, 0.6) is 0 Å². The molecule has 3 aromatic rings. The smallest absolute Gasteiger partial charge is 0.243 e. The summed E-state index contributed by atoms with van der Waals surface area (Å²) >= 11 is 0. The van der Waals surface area contributed by atoms with Gasteiger partial charge in [-0.2, -0.15) is 9.40 Å². The maximum atomic E-state index is 12.5. The van der Waals surface area contributed by atoms with Gasteiger partial charge in [0.25, 0.3) is 0 Å². The van der Waals surface area contributed by atoms with Gasteiger partial charge in [-0.25, -0.2) is 18.4 Å². The third kappa shape index (κ3) is 3.40. The molecule has 1 aromatic carbocycles. The Hall–Kier alpha value is -2.52. The van der Waals surface area contributed by atoms with Crippen molar-refractivity contribution in [2.75, 3.05) is 18.4 Å². The number of aryl methyl sites for hydroxylation is 1. The Morgan fingerprint density at radius 2 is 1.81 bits per heavy atom. The van der Waals surface area contributed by atoms with Gasteiger partial charge in [-0.05, 0) is 17.7 Å². The molecule has 1 N–H and O–H groups in total. The summed E-state index contributed by atoms with van der Waals surface area (Å²) in [4.78, 5) is 8.77. The van der Waals surface area contributed by atoms with Gasteiger partial charge < -0.3 is 5.32 Å². The van der Waals surface area contributed by atoms with E-state index >= 15 is 0 Å². The van der Waals surface area contributed by atoms with E-state index in [1.807, 2.05) is 33.0 Å². The standard InChI is InChI=1S/C17H22N6O2S/c1-4-23(5-2)26(24,25)14-8-6-13(7-9-14)10-18-16-15-11-21-22(3)17(15)20-12-19-16/h6-9,11-12H,4-5,10H2,1-3H3,(H,18,19,20). The first kappa shape index (κ1) is 18.3. The molecule has 8 nitrogen and oxygen atoms in total. The molecule has 0 aliphatic heterocycles. The van der Waals surface area contributed by atoms with Crippen molar-refractivity contribution >= 4 is 26.9 Å². The highest BCUT2D eigenvalue weighted by Crippen LogP contribution is 2.20. The number of hydrogen-bond acceptors (Lipinski definition) is 6. The second-order valence-electron chi connectivity index (χ2n) is 5.81. The summed E-state index contributed by atoms with van der Waals surface area (Å²) in [6, 6.07) is 6.91. The van der Waals surface area contributed by atoms with Gasteiger partial charge in [-0.15, -0.1) is 0 Å². The summed E-state index contributed by atoms with van der Waals surface area (Å²) in [5, 5.41) is 8.28. The predicted octanol–water partition coefficient (Wildman–Crippen LogP) is 2.01. The Bertz CT molecular complexity index is 994. The maximum Gasteiger partial charge on any atom is 0.243 e. The highest BCUT2D eigenvalue weighted by atomic mass is 32.2. The summed E-state index contributed by atoms with van der Waals surface area (Å²) in [5.74, 6) is 0.697. The molecule has 2 aromatic heterocycles. The monoisotopic (exact) mass is 374 g/mol. The van der Waals surface area contributed by atoms with Crippen molar-refractivity contribution in [1.82, 2.24) is 24.1 Å². The number of anilines is 1. The van der Waals surface area contributed by atoms with Crippen LogP contribution in [-0.4, -0.2) is 45.6 Å². The van der Waals surface area contributed by atoms with Gasteiger partial charge >= 0.3 is 0 Å². The summed E-state index contributed by atoms with van der Waals surface area (Å²) in [5.41, 5.74) is 1.71. The molecule has 0 amide bonds.